The molecule has 1 aromatic heterocycles. The second-order valence-electron chi connectivity index (χ2n) is 3.02. The molecule has 0 fully saturated rings. The molecule has 0 spiro atoms. The zero-order chi connectivity index (χ0) is 11.5. The zero-order valence-electron chi connectivity index (χ0n) is 8.11. The molecule has 0 saturated carbocycles. The number of benzene rings is 1. The van der Waals surface area contributed by atoms with Crippen LogP contribution in [0.1, 0.15) is 0 Å². The summed E-state index contributed by atoms with van der Waals surface area (Å²) in [5, 5.41) is 2.83. The highest BCUT2D eigenvalue weighted by Crippen LogP contribution is 2.27. The highest BCUT2D eigenvalue weighted by atomic mass is 79.9. The second kappa shape index (κ2) is 4.44. The fourth-order valence-electron chi connectivity index (χ4n) is 1.19. The van der Waals surface area contributed by atoms with Gasteiger partial charge in [-0.3, -0.25) is 0 Å². The first-order valence-corrected chi connectivity index (χ1v) is 5.25. The molecule has 0 aliphatic carbocycles. The van der Waals surface area contributed by atoms with Crippen LogP contribution < -0.4 is 11.1 Å². The lowest BCUT2D eigenvalue weighted by molar-refractivity contribution is 0.631. The van der Waals surface area contributed by atoms with E-state index in [4.69, 9.17) is 5.73 Å². The number of nitrogens with zero attached hydrogens (tertiary/aromatic N) is 2. The lowest BCUT2D eigenvalue weighted by Gasteiger charge is -2.08. The van der Waals surface area contributed by atoms with Crippen molar-refractivity contribution in [2.45, 2.75) is 0 Å². The maximum absolute atomic E-state index is 13.5. The zero-order valence-corrected chi connectivity index (χ0v) is 9.70. The number of para-hydroxylation sites is 1. The van der Waals surface area contributed by atoms with Crippen molar-refractivity contribution in [1.29, 1.82) is 0 Å². The Morgan fingerprint density at radius 1 is 1.31 bits per heavy atom. The topological polar surface area (TPSA) is 63.8 Å². The van der Waals surface area contributed by atoms with Crippen molar-refractivity contribution >= 4 is 33.4 Å². The van der Waals surface area contributed by atoms with Crippen LogP contribution in [0.5, 0.6) is 0 Å². The van der Waals surface area contributed by atoms with E-state index in [1.807, 2.05) is 0 Å². The van der Waals surface area contributed by atoms with Crippen molar-refractivity contribution in [2.75, 3.05) is 11.1 Å². The van der Waals surface area contributed by atoms with E-state index in [1.54, 1.807) is 18.2 Å². The molecule has 0 bridgehead atoms. The normalized spacial score (nSPS) is 10.1. The summed E-state index contributed by atoms with van der Waals surface area (Å²) in [5.41, 5.74) is 5.74. The predicted molar refractivity (Wildman–Crippen MR) is 63.8 cm³/mol. The van der Waals surface area contributed by atoms with Crippen LogP contribution in [-0.4, -0.2) is 9.97 Å². The Balaban J connectivity index is 2.34. The summed E-state index contributed by atoms with van der Waals surface area (Å²) in [6.07, 6.45) is 1.50. The maximum atomic E-state index is 13.5. The standard InChI is InChI=1S/C10H8BrFN4/c11-6-2-1-3-7(12)9(6)15-8-4-5-14-10(13)16-8/h1-5H,(H3,13,14,15,16). The van der Waals surface area contributed by atoms with Gasteiger partial charge >= 0.3 is 0 Å². The molecular weight excluding hydrogens is 275 g/mol. The summed E-state index contributed by atoms with van der Waals surface area (Å²) in [6.45, 7) is 0. The van der Waals surface area contributed by atoms with Gasteiger partial charge in [0.1, 0.15) is 11.6 Å². The Morgan fingerprint density at radius 2 is 2.12 bits per heavy atom. The van der Waals surface area contributed by atoms with Crippen molar-refractivity contribution in [3.63, 3.8) is 0 Å². The van der Waals surface area contributed by atoms with Crippen LogP contribution in [0.25, 0.3) is 0 Å². The molecule has 4 nitrogen and oxygen atoms in total. The summed E-state index contributed by atoms with van der Waals surface area (Å²) >= 11 is 3.25. The van der Waals surface area contributed by atoms with Gasteiger partial charge in [-0.2, -0.15) is 4.98 Å². The summed E-state index contributed by atoms with van der Waals surface area (Å²) in [7, 11) is 0. The Kier molecular flexibility index (Phi) is 3.00. The minimum atomic E-state index is -0.369. The lowest BCUT2D eigenvalue weighted by atomic mass is 10.3. The van der Waals surface area contributed by atoms with Gasteiger partial charge in [-0.05, 0) is 34.1 Å². The lowest BCUT2D eigenvalue weighted by Crippen LogP contribution is -2.00. The van der Waals surface area contributed by atoms with Crippen LogP contribution >= 0.6 is 15.9 Å². The van der Waals surface area contributed by atoms with Gasteiger partial charge in [0.05, 0.1) is 5.69 Å². The van der Waals surface area contributed by atoms with Crippen LogP contribution in [0.15, 0.2) is 34.9 Å². The number of aromatic nitrogens is 2. The van der Waals surface area contributed by atoms with Crippen LogP contribution in [0.4, 0.5) is 21.8 Å². The van der Waals surface area contributed by atoms with E-state index >= 15 is 0 Å². The Bertz CT molecular complexity index is 498. The summed E-state index contributed by atoms with van der Waals surface area (Å²) < 4.78 is 14.1. The number of nitrogens with two attached hydrogens (primary N) is 1. The SMILES string of the molecule is Nc1nccc(Nc2c(F)cccc2Br)n1. The van der Waals surface area contributed by atoms with E-state index in [-0.39, 0.29) is 11.8 Å². The Hall–Kier alpha value is -1.69. The Morgan fingerprint density at radius 3 is 2.81 bits per heavy atom. The molecule has 6 heteroatoms. The summed E-state index contributed by atoms with van der Waals surface area (Å²) in [5.74, 6) is 0.210. The predicted octanol–water partition coefficient (Wildman–Crippen LogP) is 2.70. The summed E-state index contributed by atoms with van der Waals surface area (Å²) in [4.78, 5) is 7.67. The molecule has 3 N–H and O–H groups in total. The largest absolute Gasteiger partial charge is 0.368 e. The number of hydrogen-bond acceptors (Lipinski definition) is 4. The van der Waals surface area contributed by atoms with Gasteiger partial charge in [0.15, 0.2) is 0 Å². The van der Waals surface area contributed by atoms with Crippen LogP contribution in [0.2, 0.25) is 0 Å². The average molecular weight is 283 g/mol. The number of nitrogens with one attached hydrogen (secondary N) is 1. The van der Waals surface area contributed by atoms with E-state index in [9.17, 15) is 4.39 Å². The van der Waals surface area contributed by atoms with Crippen molar-refractivity contribution in [3.8, 4) is 0 Å². The van der Waals surface area contributed by atoms with Crippen molar-refractivity contribution in [2.24, 2.45) is 0 Å². The van der Waals surface area contributed by atoms with E-state index < -0.39 is 0 Å². The monoisotopic (exact) mass is 282 g/mol. The molecule has 1 aromatic carbocycles. The molecular formula is C10H8BrFN4. The first-order chi connectivity index (χ1) is 7.66. The van der Waals surface area contributed by atoms with Gasteiger partial charge in [0.25, 0.3) is 0 Å². The van der Waals surface area contributed by atoms with E-state index in [2.05, 4.69) is 31.2 Å². The quantitative estimate of drug-likeness (QED) is 0.889. The third-order valence-electron chi connectivity index (χ3n) is 1.89. The maximum Gasteiger partial charge on any atom is 0.221 e. The highest BCUT2D eigenvalue weighted by molar-refractivity contribution is 9.10. The number of hydrogen-bond donors (Lipinski definition) is 2. The van der Waals surface area contributed by atoms with Gasteiger partial charge in [-0.1, -0.05) is 6.07 Å². The molecule has 0 aliphatic heterocycles. The van der Waals surface area contributed by atoms with E-state index in [0.29, 0.717) is 16.0 Å². The smallest absolute Gasteiger partial charge is 0.221 e. The van der Waals surface area contributed by atoms with Crippen molar-refractivity contribution in [1.82, 2.24) is 9.97 Å². The van der Waals surface area contributed by atoms with Gasteiger partial charge in [0.2, 0.25) is 5.95 Å². The van der Waals surface area contributed by atoms with Crippen molar-refractivity contribution in [3.05, 3.63) is 40.8 Å². The van der Waals surface area contributed by atoms with Crippen LogP contribution in [-0.2, 0) is 0 Å². The van der Waals surface area contributed by atoms with Crippen LogP contribution in [0.3, 0.4) is 0 Å². The minimum Gasteiger partial charge on any atom is -0.368 e. The molecule has 2 rings (SSSR count). The van der Waals surface area contributed by atoms with E-state index in [1.165, 1.54) is 12.3 Å². The van der Waals surface area contributed by atoms with Gasteiger partial charge in [-0.25, -0.2) is 9.37 Å². The average Bonchev–Trinajstić information content (AvgIpc) is 2.24. The van der Waals surface area contributed by atoms with Gasteiger partial charge in [-0.15, -0.1) is 0 Å². The molecule has 2 aromatic rings. The fraction of sp³-hybridized carbons (Fsp3) is 0. The first-order valence-electron chi connectivity index (χ1n) is 4.46. The van der Waals surface area contributed by atoms with E-state index in [0.717, 1.165) is 0 Å². The van der Waals surface area contributed by atoms with Crippen LogP contribution in [0, 0.1) is 5.82 Å². The first kappa shape index (κ1) is 10.8. The third kappa shape index (κ3) is 2.27. The molecule has 16 heavy (non-hydrogen) atoms. The number of anilines is 3. The number of rotatable bonds is 2. The van der Waals surface area contributed by atoms with Gasteiger partial charge < -0.3 is 11.1 Å². The molecule has 0 amide bonds. The third-order valence-corrected chi connectivity index (χ3v) is 2.55. The molecule has 82 valence electrons. The minimum absolute atomic E-state index is 0.137. The highest BCUT2D eigenvalue weighted by Gasteiger charge is 2.07. The molecule has 0 atom stereocenters. The molecule has 0 saturated heterocycles. The molecule has 1 heterocycles. The molecule has 0 radical (unpaired) electrons. The molecule has 0 aliphatic rings. The fourth-order valence-corrected chi connectivity index (χ4v) is 1.63. The summed E-state index contributed by atoms with van der Waals surface area (Å²) in [6, 6.07) is 6.31. The van der Waals surface area contributed by atoms with Gasteiger partial charge in [0, 0.05) is 10.7 Å². The Labute approximate surface area is 99.9 Å². The molecule has 0 unspecified atom stereocenters. The second-order valence-corrected chi connectivity index (χ2v) is 3.88. The van der Waals surface area contributed by atoms with Crippen molar-refractivity contribution < 1.29 is 4.39 Å². The number of halogens is 2. The number of nitrogen functional groups attached to an aromatic ring is 1.